The molecule has 3 aromatic rings. The van der Waals surface area contributed by atoms with Gasteiger partial charge in [-0.2, -0.15) is 0 Å². The second kappa shape index (κ2) is 10.5. The third-order valence-electron chi connectivity index (χ3n) is 5.18. The number of thiophene rings is 1. The van der Waals surface area contributed by atoms with Crippen LogP contribution in [0, 0.1) is 10.1 Å². The van der Waals surface area contributed by atoms with Gasteiger partial charge in [-0.1, -0.05) is 29.4 Å². The van der Waals surface area contributed by atoms with E-state index in [2.05, 4.69) is 4.99 Å². The highest BCUT2D eigenvalue weighted by atomic mass is 35.5. The second-order valence-corrected chi connectivity index (χ2v) is 10.0. The summed E-state index contributed by atoms with van der Waals surface area (Å²) in [4.78, 5) is 31.0. The van der Waals surface area contributed by atoms with Crippen molar-refractivity contribution in [2.75, 3.05) is 6.61 Å². The fourth-order valence-electron chi connectivity index (χ4n) is 3.66. The Morgan fingerprint density at radius 2 is 2.00 bits per heavy atom. The highest BCUT2D eigenvalue weighted by molar-refractivity contribution is 7.99. The molecule has 0 N–H and O–H groups in total. The molecule has 33 heavy (non-hydrogen) atoms. The molecule has 0 fully saturated rings. The molecule has 1 aromatic heterocycles. The summed E-state index contributed by atoms with van der Waals surface area (Å²) >= 11 is 8.73. The van der Waals surface area contributed by atoms with Gasteiger partial charge >= 0.3 is 5.97 Å². The van der Waals surface area contributed by atoms with E-state index in [1.54, 1.807) is 37.4 Å². The lowest BCUT2D eigenvalue weighted by atomic mass is 9.95. The minimum Gasteiger partial charge on any atom is -0.462 e. The summed E-state index contributed by atoms with van der Waals surface area (Å²) in [5.41, 5.74) is 2.16. The SMILES string of the molecule is CCOC(=O)c1c(/N=C/c2ccc(Sc3ccc(Cl)cc3)c([N+](=O)[O-])c2)sc2c1CCCC2. The zero-order valence-corrected chi connectivity index (χ0v) is 20.3. The van der Waals surface area contributed by atoms with Crippen LogP contribution in [0.4, 0.5) is 10.7 Å². The molecule has 0 unspecified atom stereocenters. The van der Waals surface area contributed by atoms with Gasteiger partial charge in [0.25, 0.3) is 5.69 Å². The van der Waals surface area contributed by atoms with Crippen LogP contribution in [0.3, 0.4) is 0 Å². The number of ether oxygens (including phenoxy) is 1. The van der Waals surface area contributed by atoms with Gasteiger partial charge in [0.1, 0.15) is 5.00 Å². The maximum atomic E-state index is 12.6. The Balaban J connectivity index is 1.64. The number of carbonyl (C=O) groups is 1. The summed E-state index contributed by atoms with van der Waals surface area (Å²) in [6.07, 6.45) is 5.49. The van der Waals surface area contributed by atoms with E-state index in [4.69, 9.17) is 16.3 Å². The average molecular weight is 501 g/mol. The molecule has 0 spiro atoms. The van der Waals surface area contributed by atoms with Crippen molar-refractivity contribution in [2.24, 2.45) is 4.99 Å². The van der Waals surface area contributed by atoms with E-state index in [1.807, 2.05) is 12.1 Å². The lowest BCUT2D eigenvalue weighted by Gasteiger charge is -2.11. The van der Waals surface area contributed by atoms with Crippen LogP contribution in [-0.2, 0) is 17.6 Å². The van der Waals surface area contributed by atoms with Gasteiger partial charge < -0.3 is 4.74 Å². The van der Waals surface area contributed by atoms with E-state index in [0.717, 1.165) is 36.1 Å². The molecule has 1 aliphatic carbocycles. The van der Waals surface area contributed by atoms with Gasteiger partial charge in [-0.25, -0.2) is 9.79 Å². The predicted molar refractivity (Wildman–Crippen MR) is 133 cm³/mol. The Hall–Kier alpha value is -2.68. The van der Waals surface area contributed by atoms with Crippen molar-refractivity contribution in [1.29, 1.82) is 0 Å². The molecule has 0 saturated heterocycles. The number of fused-ring (bicyclic) bond motifs is 1. The summed E-state index contributed by atoms with van der Waals surface area (Å²) < 4.78 is 5.27. The zero-order valence-electron chi connectivity index (χ0n) is 17.9. The van der Waals surface area contributed by atoms with Crippen LogP contribution >= 0.6 is 34.7 Å². The Kier molecular flexibility index (Phi) is 7.47. The third kappa shape index (κ3) is 5.46. The van der Waals surface area contributed by atoms with Gasteiger partial charge in [-0.05, 0) is 74.1 Å². The summed E-state index contributed by atoms with van der Waals surface area (Å²) in [5.74, 6) is -0.357. The quantitative estimate of drug-likeness (QED) is 0.147. The number of rotatable bonds is 7. The Labute approximate surface area is 204 Å². The van der Waals surface area contributed by atoms with E-state index in [1.165, 1.54) is 34.0 Å². The van der Waals surface area contributed by atoms with Crippen LogP contribution in [0.5, 0.6) is 0 Å². The van der Waals surface area contributed by atoms with Crippen molar-refractivity contribution in [3.63, 3.8) is 0 Å². The smallest absolute Gasteiger partial charge is 0.341 e. The molecule has 6 nitrogen and oxygen atoms in total. The second-order valence-electron chi connectivity index (χ2n) is 7.41. The molecule has 2 aromatic carbocycles. The number of halogens is 1. The van der Waals surface area contributed by atoms with Crippen LogP contribution in [0.25, 0.3) is 0 Å². The molecule has 1 heterocycles. The van der Waals surface area contributed by atoms with E-state index in [9.17, 15) is 14.9 Å². The molecule has 0 amide bonds. The molecule has 0 aliphatic heterocycles. The molecule has 0 atom stereocenters. The van der Waals surface area contributed by atoms with E-state index in [-0.39, 0.29) is 11.7 Å². The Morgan fingerprint density at radius 3 is 2.73 bits per heavy atom. The van der Waals surface area contributed by atoms with E-state index >= 15 is 0 Å². The molecular weight excluding hydrogens is 480 g/mol. The molecule has 1 aliphatic rings. The summed E-state index contributed by atoms with van der Waals surface area (Å²) in [7, 11) is 0. The normalized spacial score (nSPS) is 13.2. The zero-order chi connectivity index (χ0) is 23.4. The number of carbonyl (C=O) groups excluding carboxylic acids is 1. The lowest BCUT2D eigenvalue weighted by Crippen LogP contribution is -2.09. The van der Waals surface area contributed by atoms with Crippen molar-refractivity contribution in [2.45, 2.75) is 42.4 Å². The molecule has 0 bridgehead atoms. The molecule has 9 heteroatoms. The van der Waals surface area contributed by atoms with Crippen molar-refractivity contribution < 1.29 is 14.5 Å². The first-order valence-electron chi connectivity index (χ1n) is 10.5. The van der Waals surface area contributed by atoms with Crippen LogP contribution in [0.2, 0.25) is 5.02 Å². The molecule has 0 radical (unpaired) electrons. The largest absolute Gasteiger partial charge is 0.462 e. The molecular formula is C24H21ClN2O4S2. The van der Waals surface area contributed by atoms with Crippen LogP contribution < -0.4 is 0 Å². The lowest BCUT2D eigenvalue weighted by molar-refractivity contribution is -0.387. The average Bonchev–Trinajstić information content (AvgIpc) is 3.18. The fourth-order valence-corrected chi connectivity index (χ4v) is 5.91. The number of nitro groups is 1. The first-order chi connectivity index (χ1) is 16.0. The van der Waals surface area contributed by atoms with Gasteiger partial charge in [0.15, 0.2) is 0 Å². The number of nitro benzene ring substituents is 1. The maximum absolute atomic E-state index is 12.6. The van der Waals surface area contributed by atoms with Crippen molar-refractivity contribution >= 4 is 57.6 Å². The third-order valence-corrected chi connectivity index (χ3v) is 7.71. The van der Waals surface area contributed by atoms with E-state index < -0.39 is 4.92 Å². The van der Waals surface area contributed by atoms with Crippen LogP contribution in [-0.4, -0.2) is 23.7 Å². The maximum Gasteiger partial charge on any atom is 0.341 e. The first-order valence-corrected chi connectivity index (χ1v) is 12.5. The highest BCUT2D eigenvalue weighted by Crippen LogP contribution is 2.40. The monoisotopic (exact) mass is 500 g/mol. The Bertz CT molecular complexity index is 1220. The minimum atomic E-state index is -0.399. The summed E-state index contributed by atoms with van der Waals surface area (Å²) in [5, 5.41) is 12.9. The summed E-state index contributed by atoms with van der Waals surface area (Å²) in [6, 6.07) is 12.1. The van der Waals surface area contributed by atoms with Crippen molar-refractivity contribution in [3.05, 3.63) is 79.2 Å². The number of nitrogens with zero attached hydrogens (tertiary/aromatic N) is 2. The number of hydrogen-bond donors (Lipinski definition) is 0. The standard InChI is InChI=1S/C24H21ClN2O4S2/c1-2-31-24(28)22-18-5-3-4-6-20(18)33-23(22)26-14-15-7-12-21(19(13-15)27(29)30)32-17-10-8-16(25)9-11-17/h7-14H,2-6H2,1H3/b26-14+. The van der Waals surface area contributed by atoms with Gasteiger partial charge in [0.2, 0.25) is 0 Å². The number of aryl methyl sites for hydroxylation is 1. The topological polar surface area (TPSA) is 81.8 Å². The number of benzene rings is 2. The summed E-state index contributed by atoms with van der Waals surface area (Å²) in [6.45, 7) is 2.08. The van der Waals surface area contributed by atoms with Crippen LogP contribution in [0.15, 0.2) is 57.2 Å². The highest BCUT2D eigenvalue weighted by Gasteiger charge is 2.26. The van der Waals surface area contributed by atoms with Gasteiger partial charge in [0.05, 0.1) is 22.0 Å². The first kappa shape index (κ1) is 23.5. The van der Waals surface area contributed by atoms with Gasteiger partial charge in [-0.15, -0.1) is 11.3 Å². The number of aliphatic imine (C=N–C) groups is 1. The van der Waals surface area contributed by atoms with Crippen molar-refractivity contribution in [1.82, 2.24) is 0 Å². The fraction of sp³-hybridized carbons (Fsp3) is 0.250. The molecule has 170 valence electrons. The number of hydrogen-bond acceptors (Lipinski definition) is 7. The minimum absolute atomic E-state index is 0.00464. The van der Waals surface area contributed by atoms with Crippen LogP contribution in [0.1, 0.15) is 46.1 Å². The molecule has 4 rings (SSSR count). The van der Waals surface area contributed by atoms with Gasteiger partial charge in [0, 0.05) is 27.1 Å². The van der Waals surface area contributed by atoms with Gasteiger partial charge in [-0.3, -0.25) is 10.1 Å². The Morgan fingerprint density at radius 1 is 1.24 bits per heavy atom. The van der Waals surface area contributed by atoms with E-state index in [0.29, 0.717) is 32.7 Å². The molecule has 0 saturated carbocycles. The van der Waals surface area contributed by atoms with Crippen molar-refractivity contribution in [3.8, 4) is 0 Å². The number of esters is 1. The predicted octanol–water partition coefficient (Wildman–Crippen LogP) is 7.27.